The first-order chi connectivity index (χ1) is 10.3. The van der Waals surface area contributed by atoms with E-state index >= 15 is 0 Å². The number of hydrogen-bond acceptors (Lipinski definition) is 6. The minimum Gasteiger partial charge on any atom is -0.480 e. The lowest BCUT2D eigenvalue weighted by Gasteiger charge is -2.04. The van der Waals surface area contributed by atoms with Crippen LogP contribution in [0.5, 0.6) is 17.6 Å². The average molecular weight is 280 g/mol. The Labute approximate surface area is 121 Å². The van der Waals surface area contributed by atoms with Crippen molar-refractivity contribution in [1.29, 1.82) is 0 Å². The molecule has 0 N–H and O–H groups in total. The van der Waals surface area contributed by atoms with Gasteiger partial charge in [-0.05, 0) is 18.2 Å². The van der Waals surface area contributed by atoms with E-state index in [0.29, 0.717) is 17.3 Å². The van der Waals surface area contributed by atoms with Crippen LogP contribution in [0.15, 0.2) is 54.9 Å². The zero-order valence-electron chi connectivity index (χ0n) is 11.3. The van der Waals surface area contributed by atoms with E-state index in [0.717, 1.165) is 5.56 Å². The van der Waals surface area contributed by atoms with Crippen LogP contribution in [0.1, 0.15) is 0 Å². The van der Waals surface area contributed by atoms with Gasteiger partial charge in [0.05, 0.1) is 12.8 Å². The predicted octanol–water partition coefficient (Wildman–Crippen LogP) is 2.73. The number of aromatic nitrogens is 4. The second kappa shape index (κ2) is 5.96. The van der Waals surface area contributed by atoms with Gasteiger partial charge in [0, 0.05) is 24.0 Å². The number of benzene rings is 1. The standard InChI is InChI=1S/C15H12N4O2/c1-20-14-8-7-13(18-19-14)11-9-16-15(17-10-11)21-12-5-3-2-4-6-12/h2-10H,1H3. The summed E-state index contributed by atoms with van der Waals surface area (Å²) in [6.45, 7) is 0. The van der Waals surface area contributed by atoms with Crippen LogP contribution in [0, 0.1) is 0 Å². The van der Waals surface area contributed by atoms with Crippen LogP contribution in [-0.4, -0.2) is 27.3 Å². The maximum Gasteiger partial charge on any atom is 0.321 e. The maximum atomic E-state index is 5.53. The van der Waals surface area contributed by atoms with Crippen LogP contribution in [0.25, 0.3) is 11.3 Å². The van der Waals surface area contributed by atoms with E-state index in [9.17, 15) is 0 Å². The molecule has 2 aromatic heterocycles. The number of hydrogen-bond donors (Lipinski definition) is 0. The van der Waals surface area contributed by atoms with Crippen molar-refractivity contribution < 1.29 is 9.47 Å². The van der Waals surface area contributed by atoms with Crippen molar-refractivity contribution in [3.63, 3.8) is 0 Å². The lowest BCUT2D eigenvalue weighted by Crippen LogP contribution is -1.95. The Morgan fingerprint density at radius 1 is 0.857 bits per heavy atom. The summed E-state index contributed by atoms with van der Waals surface area (Å²) in [6, 6.07) is 13.2. The molecule has 0 aliphatic rings. The van der Waals surface area contributed by atoms with E-state index < -0.39 is 0 Å². The molecule has 6 nitrogen and oxygen atoms in total. The van der Waals surface area contributed by atoms with Crippen LogP contribution >= 0.6 is 0 Å². The minimum absolute atomic E-state index is 0.284. The fourth-order valence-corrected chi connectivity index (χ4v) is 1.68. The van der Waals surface area contributed by atoms with Crippen molar-refractivity contribution in [2.24, 2.45) is 0 Å². The van der Waals surface area contributed by atoms with E-state index in [4.69, 9.17) is 9.47 Å². The van der Waals surface area contributed by atoms with Crippen molar-refractivity contribution in [3.05, 3.63) is 54.9 Å². The zero-order valence-corrected chi connectivity index (χ0v) is 11.3. The highest BCUT2D eigenvalue weighted by Gasteiger charge is 2.04. The molecule has 104 valence electrons. The van der Waals surface area contributed by atoms with Crippen molar-refractivity contribution >= 4 is 0 Å². The third-order valence-corrected chi connectivity index (χ3v) is 2.73. The molecule has 0 atom stereocenters. The number of ether oxygens (including phenoxy) is 2. The van der Waals surface area contributed by atoms with E-state index in [1.807, 2.05) is 30.3 Å². The van der Waals surface area contributed by atoms with Gasteiger partial charge in [0.15, 0.2) is 0 Å². The number of rotatable bonds is 4. The minimum atomic E-state index is 0.284. The Balaban J connectivity index is 1.77. The highest BCUT2D eigenvalue weighted by molar-refractivity contribution is 5.56. The number of methoxy groups -OCH3 is 1. The Kier molecular flexibility index (Phi) is 3.68. The molecule has 3 aromatic rings. The van der Waals surface area contributed by atoms with Gasteiger partial charge in [-0.1, -0.05) is 18.2 Å². The van der Waals surface area contributed by atoms with Gasteiger partial charge < -0.3 is 9.47 Å². The molecule has 1 aromatic carbocycles. The second-order valence-electron chi connectivity index (χ2n) is 4.13. The monoisotopic (exact) mass is 280 g/mol. The molecule has 0 amide bonds. The van der Waals surface area contributed by atoms with E-state index in [2.05, 4.69) is 20.2 Å². The molecule has 0 fully saturated rings. The fourth-order valence-electron chi connectivity index (χ4n) is 1.68. The van der Waals surface area contributed by atoms with Crippen LogP contribution in [0.4, 0.5) is 0 Å². The topological polar surface area (TPSA) is 70.0 Å². The lowest BCUT2D eigenvalue weighted by molar-refractivity contribution is 0.392. The van der Waals surface area contributed by atoms with Gasteiger partial charge >= 0.3 is 6.01 Å². The van der Waals surface area contributed by atoms with Gasteiger partial charge in [0.25, 0.3) is 0 Å². The molecule has 0 spiro atoms. The van der Waals surface area contributed by atoms with Crippen molar-refractivity contribution in [2.75, 3.05) is 7.11 Å². The fraction of sp³-hybridized carbons (Fsp3) is 0.0667. The van der Waals surface area contributed by atoms with E-state index in [1.54, 1.807) is 31.6 Å². The first-order valence-corrected chi connectivity index (χ1v) is 6.28. The smallest absolute Gasteiger partial charge is 0.321 e. The summed E-state index contributed by atoms with van der Waals surface area (Å²) in [4.78, 5) is 8.32. The third-order valence-electron chi connectivity index (χ3n) is 2.73. The van der Waals surface area contributed by atoms with Crippen molar-refractivity contribution in [2.45, 2.75) is 0 Å². The van der Waals surface area contributed by atoms with Gasteiger partial charge in [-0.3, -0.25) is 0 Å². The Morgan fingerprint density at radius 2 is 1.62 bits per heavy atom. The molecule has 0 saturated heterocycles. The molecule has 6 heteroatoms. The summed E-state index contributed by atoms with van der Waals surface area (Å²) in [5, 5.41) is 7.94. The van der Waals surface area contributed by atoms with Gasteiger partial charge in [-0.2, -0.15) is 0 Å². The summed E-state index contributed by atoms with van der Waals surface area (Å²) in [5.74, 6) is 1.15. The summed E-state index contributed by atoms with van der Waals surface area (Å²) in [5.41, 5.74) is 1.42. The maximum absolute atomic E-state index is 5.53. The summed E-state index contributed by atoms with van der Waals surface area (Å²) in [7, 11) is 1.54. The molecule has 0 radical (unpaired) electrons. The van der Waals surface area contributed by atoms with Crippen LogP contribution in [-0.2, 0) is 0 Å². The summed E-state index contributed by atoms with van der Waals surface area (Å²) in [6.07, 6.45) is 3.28. The summed E-state index contributed by atoms with van der Waals surface area (Å²) >= 11 is 0. The normalized spacial score (nSPS) is 10.1. The Bertz CT molecular complexity index is 700. The average Bonchev–Trinajstić information content (AvgIpc) is 2.57. The van der Waals surface area contributed by atoms with Gasteiger partial charge in [-0.15, -0.1) is 10.2 Å². The molecule has 0 aliphatic heterocycles. The van der Waals surface area contributed by atoms with Crippen LogP contribution < -0.4 is 9.47 Å². The molecule has 0 bridgehead atoms. The SMILES string of the molecule is COc1ccc(-c2cnc(Oc3ccccc3)nc2)nn1. The lowest BCUT2D eigenvalue weighted by atomic mass is 10.2. The number of nitrogens with zero attached hydrogens (tertiary/aromatic N) is 4. The number of para-hydroxylation sites is 1. The first-order valence-electron chi connectivity index (χ1n) is 6.28. The predicted molar refractivity (Wildman–Crippen MR) is 76.1 cm³/mol. The molecular weight excluding hydrogens is 268 g/mol. The van der Waals surface area contributed by atoms with E-state index in [1.165, 1.54) is 0 Å². The zero-order chi connectivity index (χ0) is 14.5. The van der Waals surface area contributed by atoms with Gasteiger partial charge in [0.2, 0.25) is 5.88 Å². The molecule has 21 heavy (non-hydrogen) atoms. The Hall–Kier alpha value is -3.02. The van der Waals surface area contributed by atoms with E-state index in [-0.39, 0.29) is 6.01 Å². The first kappa shape index (κ1) is 13.0. The van der Waals surface area contributed by atoms with Gasteiger partial charge in [-0.25, -0.2) is 9.97 Å². The van der Waals surface area contributed by atoms with Gasteiger partial charge in [0.1, 0.15) is 5.75 Å². The van der Waals surface area contributed by atoms with Crippen molar-refractivity contribution in [3.8, 4) is 28.9 Å². The Morgan fingerprint density at radius 3 is 2.24 bits per heavy atom. The molecule has 2 heterocycles. The molecule has 0 unspecified atom stereocenters. The molecule has 0 saturated carbocycles. The molecule has 0 aliphatic carbocycles. The quantitative estimate of drug-likeness (QED) is 0.731. The largest absolute Gasteiger partial charge is 0.480 e. The summed E-state index contributed by atoms with van der Waals surface area (Å²) < 4.78 is 10.5. The highest BCUT2D eigenvalue weighted by Crippen LogP contribution is 2.20. The highest BCUT2D eigenvalue weighted by atomic mass is 16.5. The van der Waals surface area contributed by atoms with Crippen LogP contribution in [0.3, 0.4) is 0 Å². The molecular formula is C15H12N4O2. The van der Waals surface area contributed by atoms with Crippen LogP contribution in [0.2, 0.25) is 0 Å². The third kappa shape index (κ3) is 3.11. The molecule has 3 rings (SSSR count). The van der Waals surface area contributed by atoms with Crippen molar-refractivity contribution in [1.82, 2.24) is 20.2 Å². The second-order valence-corrected chi connectivity index (χ2v) is 4.13.